The Hall–Kier alpha value is -2.95. The number of carbonyl (C=O) groups excluding carboxylic acids is 1. The normalized spacial score (nSPS) is 10.5. The second-order valence-corrected chi connectivity index (χ2v) is 4.78. The van der Waals surface area contributed by atoms with E-state index in [1.54, 1.807) is 24.3 Å². The van der Waals surface area contributed by atoms with Gasteiger partial charge in [-0.2, -0.15) is 0 Å². The van der Waals surface area contributed by atoms with E-state index in [4.69, 9.17) is 9.47 Å². The van der Waals surface area contributed by atoms with Gasteiger partial charge in [-0.15, -0.1) is 0 Å². The van der Waals surface area contributed by atoms with E-state index in [0.717, 1.165) is 11.1 Å². The summed E-state index contributed by atoms with van der Waals surface area (Å²) in [6.45, 7) is 0.573. The Labute approximate surface area is 135 Å². The lowest BCUT2D eigenvalue weighted by molar-refractivity contribution is 0.141. The van der Waals surface area contributed by atoms with Gasteiger partial charge < -0.3 is 19.9 Å². The summed E-state index contributed by atoms with van der Waals surface area (Å²) < 4.78 is 10.1. The quantitative estimate of drug-likeness (QED) is 0.858. The smallest absolute Gasteiger partial charge is 0.407 e. The minimum absolute atomic E-state index is 0.0740. The Bertz CT molecular complexity index is 668. The number of nitrogens with one attached hydrogen (secondary N) is 1. The number of hydrogen-bond acceptors (Lipinski definition) is 4. The van der Waals surface area contributed by atoms with Gasteiger partial charge >= 0.3 is 6.09 Å². The van der Waals surface area contributed by atoms with Crippen LogP contribution in [0.2, 0.25) is 0 Å². The van der Waals surface area contributed by atoms with E-state index in [1.165, 1.54) is 7.11 Å². The molecule has 2 rings (SSSR count). The number of amides is 1. The van der Waals surface area contributed by atoms with Crippen molar-refractivity contribution in [3.05, 3.63) is 65.7 Å². The molecule has 0 saturated carbocycles. The van der Waals surface area contributed by atoms with E-state index in [2.05, 4.69) is 5.32 Å². The van der Waals surface area contributed by atoms with Crippen LogP contribution in [0.5, 0.6) is 11.5 Å². The van der Waals surface area contributed by atoms with Crippen LogP contribution in [0.1, 0.15) is 11.1 Å². The molecular weight excluding hydrogens is 294 g/mol. The number of ether oxygens (including phenoxy) is 2. The van der Waals surface area contributed by atoms with E-state index >= 15 is 0 Å². The molecule has 5 nitrogen and oxygen atoms in total. The fourth-order valence-electron chi connectivity index (χ4n) is 1.92. The molecule has 120 valence electrons. The Morgan fingerprint density at radius 3 is 2.70 bits per heavy atom. The van der Waals surface area contributed by atoms with Gasteiger partial charge in [0.2, 0.25) is 0 Å². The molecular formula is C18H19NO4. The summed E-state index contributed by atoms with van der Waals surface area (Å²) in [4.78, 5) is 11.5. The first-order valence-corrected chi connectivity index (χ1v) is 7.17. The van der Waals surface area contributed by atoms with Crippen molar-refractivity contribution in [2.75, 3.05) is 13.7 Å². The number of hydrogen-bond donors (Lipinski definition) is 2. The standard InChI is InChI=1S/C18H19NO4/c1-22-17-10-9-14(12-16(17)20)8-5-11-19-18(21)23-13-15-6-3-2-4-7-15/h2-10,12,20H,11,13H2,1H3,(H,19,21). The maximum absolute atomic E-state index is 11.5. The summed E-state index contributed by atoms with van der Waals surface area (Å²) in [7, 11) is 1.50. The molecule has 0 unspecified atom stereocenters. The molecule has 5 heteroatoms. The van der Waals surface area contributed by atoms with Crippen molar-refractivity contribution in [3.8, 4) is 11.5 Å². The van der Waals surface area contributed by atoms with Crippen molar-refractivity contribution in [1.82, 2.24) is 5.32 Å². The first-order valence-electron chi connectivity index (χ1n) is 7.17. The number of alkyl carbamates (subject to hydrolysis) is 1. The van der Waals surface area contributed by atoms with Gasteiger partial charge in [0.25, 0.3) is 0 Å². The minimum Gasteiger partial charge on any atom is -0.504 e. The Balaban J connectivity index is 1.73. The maximum atomic E-state index is 11.5. The summed E-state index contributed by atoms with van der Waals surface area (Å²) in [5.41, 5.74) is 1.75. The molecule has 2 aromatic rings. The fraction of sp³-hybridized carbons (Fsp3) is 0.167. The number of phenolic OH excluding ortho intramolecular Hbond substituents is 1. The van der Waals surface area contributed by atoms with Gasteiger partial charge in [-0.3, -0.25) is 0 Å². The van der Waals surface area contributed by atoms with Crippen LogP contribution in [0.4, 0.5) is 4.79 Å². The second-order valence-electron chi connectivity index (χ2n) is 4.78. The lowest BCUT2D eigenvalue weighted by Crippen LogP contribution is -2.24. The van der Waals surface area contributed by atoms with Gasteiger partial charge in [0.05, 0.1) is 7.11 Å². The van der Waals surface area contributed by atoms with Crippen LogP contribution in [0.25, 0.3) is 6.08 Å². The second kappa shape index (κ2) is 8.48. The lowest BCUT2D eigenvalue weighted by Gasteiger charge is -2.05. The first kappa shape index (κ1) is 16.4. The van der Waals surface area contributed by atoms with E-state index in [9.17, 15) is 9.90 Å². The number of phenols is 1. The Kier molecular flexibility index (Phi) is 6.06. The zero-order chi connectivity index (χ0) is 16.5. The number of benzene rings is 2. The summed E-state index contributed by atoms with van der Waals surface area (Å²) in [6.07, 6.45) is 3.08. The highest BCUT2D eigenvalue weighted by molar-refractivity contribution is 5.67. The number of rotatable bonds is 6. The third-order valence-electron chi connectivity index (χ3n) is 3.09. The molecule has 0 saturated heterocycles. The molecule has 0 aliphatic heterocycles. The topological polar surface area (TPSA) is 67.8 Å². The van der Waals surface area contributed by atoms with Crippen LogP contribution in [0.15, 0.2) is 54.6 Å². The van der Waals surface area contributed by atoms with Crippen molar-refractivity contribution in [2.45, 2.75) is 6.61 Å². The maximum Gasteiger partial charge on any atom is 0.407 e. The summed E-state index contributed by atoms with van der Waals surface area (Å²) in [6, 6.07) is 14.5. The highest BCUT2D eigenvalue weighted by atomic mass is 16.5. The van der Waals surface area contributed by atoms with Crippen molar-refractivity contribution in [3.63, 3.8) is 0 Å². The van der Waals surface area contributed by atoms with Crippen molar-refractivity contribution >= 4 is 12.2 Å². The molecule has 0 spiro atoms. The molecule has 0 fully saturated rings. The third kappa shape index (κ3) is 5.39. The van der Waals surface area contributed by atoms with Crippen LogP contribution >= 0.6 is 0 Å². The monoisotopic (exact) mass is 313 g/mol. The van der Waals surface area contributed by atoms with Crippen molar-refractivity contribution in [1.29, 1.82) is 0 Å². The Morgan fingerprint density at radius 1 is 1.22 bits per heavy atom. The highest BCUT2D eigenvalue weighted by Gasteiger charge is 2.01. The Morgan fingerprint density at radius 2 is 2.00 bits per heavy atom. The zero-order valence-electron chi connectivity index (χ0n) is 12.9. The van der Waals surface area contributed by atoms with E-state index in [1.807, 2.05) is 36.4 Å². The predicted octanol–water partition coefficient (Wildman–Crippen LogP) is 3.34. The first-order chi connectivity index (χ1) is 11.2. The van der Waals surface area contributed by atoms with Gasteiger partial charge in [-0.1, -0.05) is 48.6 Å². The van der Waals surface area contributed by atoms with Gasteiger partial charge in [-0.25, -0.2) is 4.79 Å². The zero-order valence-corrected chi connectivity index (χ0v) is 12.9. The van der Waals surface area contributed by atoms with E-state index < -0.39 is 6.09 Å². The number of methoxy groups -OCH3 is 1. The van der Waals surface area contributed by atoms with Gasteiger partial charge in [0.1, 0.15) is 6.61 Å². The summed E-state index contributed by atoms with van der Waals surface area (Å²) in [5, 5.41) is 12.3. The van der Waals surface area contributed by atoms with Crippen LogP contribution in [0.3, 0.4) is 0 Å². The van der Waals surface area contributed by atoms with Crippen LogP contribution in [-0.4, -0.2) is 24.9 Å². The van der Waals surface area contributed by atoms with Crippen LogP contribution < -0.4 is 10.1 Å². The molecule has 2 aromatic carbocycles. The molecule has 0 atom stereocenters. The number of carbonyl (C=O) groups is 1. The molecule has 1 amide bonds. The molecule has 0 aliphatic carbocycles. The summed E-state index contributed by atoms with van der Waals surface area (Å²) in [5.74, 6) is 0.495. The molecule has 2 N–H and O–H groups in total. The largest absolute Gasteiger partial charge is 0.504 e. The predicted molar refractivity (Wildman–Crippen MR) is 88.3 cm³/mol. The number of aromatic hydroxyl groups is 1. The fourth-order valence-corrected chi connectivity index (χ4v) is 1.92. The summed E-state index contributed by atoms with van der Waals surface area (Å²) >= 11 is 0. The third-order valence-corrected chi connectivity index (χ3v) is 3.09. The van der Waals surface area contributed by atoms with Gasteiger partial charge in [0, 0.05) is 6.54 Å². The molecule has 0 aliphatic rings. The van der Waals surface area contributed by atoms with E-state index in [-0.39, 0.29) is 12.4 Å². The van der Waals surface area contributed by atoms with Crippen LogP contribution in [-0.2, 0) is 11.3 Å². The van der Waals surface area contributed by atoms with Crippen molar-refractivity contribution < 1.29 is 19.4 Å². The molecule has 0 radical (unpaired) electrons. The molecule has 0 aromatic heterocycles. The lowest BCUT2D eigenvalue weighted by atomic mass is 10.2. The average Bonchev–Trinajstić information content (AvgIpc) is 2.58. The SMILES string of the molecule is COc1ccc(C=CCNC(=O)OCc2ccccc2)cc1O. The van der Waals surface area contributed by atoms with Crippen LogP contribution in [0, 0.1) is 0 Å². The average molecular weight is 313 g/mol. The molecule has 23 heavy (non-hydrogen) atoms. The molecule has 0 heterocycles. The van der Waals surface area contributed by atoms with Crippen molar-refractivity contribution in [2.24, 2.45) is 0 Å². The van der Waals surface area contributed by atoms with Gasteiger partial charge in [-0.05, 0) is 23.3 Å². The highest BCUT2D eigenvalue weighted by Crippen LogP contribution is 2.26. The minimum atomic E-state index is -0.476. The molecule has 0 bridgehead atoms. The van der Waals surface area contributed by atoms with Gasteiger partial charge in [0.15, 0.2) is 11.5 Å². The van der Waals surface area contributed by atoms with E-state index in [0.29, 0.717) is 12.3 Å².